The average Bonchev–Trinajstić information content (AvgIpc) is 3.23. The Morgan fingerprint density at radius 1 is 1.27 bits per heavy atom. The normalized spacial score (nSPS) is 17.4. The summed E-state index contributed by atoms with van der Waals surface area (Å²) < 4.78 is 35.1. The first-order chi connectivity index (χ1) is 15.8. The number of sulfonamides is 1. The van der Waals surface area contributed by atoms with Gasteiger partial charge in [-0.3, -0.25) is 4.79 Å². The van der Waals surface area contributed by atoms with Crippen LogP contribution in [-0.4, -0.2) is 59.9 Å². The van der Waals surface area contributed by atoms with E-state index in [0.717, 1.165) is 17.5 Å². The number of hydrogen-bond donors (Lipinski definition) is 1. The van der Waals surface area contributed by atoms with Crippen LogP contribution in [0.4, 0.5) is 5.69 Å². The second-order valence-electron chi connectivity index (χ2n) is 7.98. The smallest absolute Gasteiger partial charge is 0.243 e. The lowest BCUT2D eigenvalue weighted by Crippen LogP contribution is -2.49. The average molecular weight is 492 g/mol. The molecule has 0 radical (unpaired) electrons. The summed E-state index contributed by atoms with van der Waals surface area (Å²) in [6.07, 6.45) is 1.90. The summed E-state index contributed by atoms with van der Waals surface area (Å²) in [4.78, 5) is 13.2. The van der Waals surface area contributed by atoms with Crippen LogP contribution in [-0.2, 0) is 26.1 Å². The van der Waals surface area contributed by atoms with Gasteiger partial charge in [-0.1, -0.05) is 29.3 Å². The summed E-state index contributed by atoms with van der Waals surface area (Å²) in [6, 6.07) is 9.16. The number of ether oxygens (including phenoxy) is 1. The lowest BCUT2D eigenvalue weighted by atomic mass is 10.0. The predicted octanol–water partition coefficient (Wildman–Crippen LogP) is 3.22. The molecule has 0 spiro atoms. The summed E-state index contributed by atoms with van der Waals surface area (Å²) >= 11 is 6.16. The SMILES string of the molecule is COCCn1nnc2cc(S(=O)(=O)N3CCCC[C@H]3C(=O)Nc3cccc(Cl)c3C)ccc21. The fourth-order valence-corrected chi connectivity index (χ4v) is 5.86. The molecule has 1 N–H and O–H groups in total. The lowest BCUT2D eigenvalue weighted by Gasteiger charge is -2.33. The van der Waals surface area contributed by atoms with Crippen molar-refractivity contribution in [1.29, 1.82) is 0 Å². The standard InChI is InChI=1S/C22H26ClN5O4S/c1-15-17(23)6-5-7-18(15)24-22(29)21-8-3-4-11-28(21)33(30,31)16-9-10-20-19(14-16)25-26-27(20)12-13-32-2/h5-7,9-10,14,21H,3-4,8,11-13H2,1-2H3,(H,24,29)/t21-/m0/s1. The molecule has 0 aliphatic carbocycles. The summed E-state index contributed by atoms with van der Waals surface area (Å²) in [5.41, 5.74) is 2.50. The minimum absolute atomic E-state index is 0.0902. The van der Waals surface area contributed by atoms with Crippen LogP contribution in [0.3, 0.4) is 0 Å². The molecule has 1 saturated heterocycles. The van der Waals surface area contributed by atoms with Crippen molar-refractivity contribution in [3.05, 3.63) is 47.0 Å². The fraction of sp³-hybridized carbons (Fsp3) is 0.409. The number of methoxy groups -OCH3 is 1. The van der Waals surface area contributed by atoms with E-state index in [0.29, 0.717) is 42.2 Å². The Labute approximate surface area is 197 Å². The second-order valence-corrected chi connectivity index (χ2v) is 10.3. The Balaban J connectivity index is 1.61. The molecule has 1 aliphatic heterocycles. The molecule has 1 amide bonds. The van der Waals surface area contributed by atoms with Crippen molar-refractivity contribution in [2.45, 2.75) is 43.7 Å². The van der Waals surface area contributed by atoms with Crippen LogP contribution < -0.4 is 5.32 Å². The van der Waals surface area contributed by atoms with Crippen molar-refractivity contribution in [1.82, 2.24) is 19.3 Å². The van der Waals surface area contributed by atoms with Gasteiger partial charge in [-0.2, -0.15) is 4.31 Å². The Morgan fingerprint density at radius 3 is 2.88 bits per heavy atom. The van der Waals surface area contributed by atoms with Crippen molar-refractivity contribution in [3.63, 3.8) is 0 Å². The van der Waals surface area contributed by atoms with E-state index in [2.05, 4.69) is 15.6 Å². The van der Waals surface area contributed by atoms with Gasteiger partial charge in [0.25, 0.3) is 0 Å². The molecule has 1 aromatic heterocycles. The molecule has 1 fully saturated rings. The molecule has 1 aliphatic rings. The van der Waals surface area contributed by atoms with Crippen LogP contribution in [0.15, 0.2) is 41.3 Å². The first kappa shape index (κ1) is 23.6. The van der Waals surface area contributed by atoms with Gasteiger partial charge >= 0.3 is 0 Å². The molecule has 0 saturated carbocycles. The summed E-state index contributed by atoms with van der Waals surface area (Å²) in [5.74, 6) is -0.366. The number of carbonyl (C=O) groups excluding carboxylic acids is 1. The third kappa shape index (κ3) is 4.74. The van der Waals surface area contributed by atoms with Gasteiger partial charge in [-0.15, -0.1) is 5.10 Å². The molecule has 1 atom stereocenters. The van der Waals surface area contributed by atoms with Crippen molar-refractivity contribution in [2.75, 3.05) is 25.6 Å². The molecule has 11 heteroatoms. The van der Waals surface area contributed by atoms with Crippen LogP contribution >= 0.6 is 11.6 Å². The molecule has 2 aromatic carbocycles. The van der Waals surface area contributed by atoms with Gasteiger partial charge in [-0.25, -0.2) is 13.1 Å². The zero-order valence-corrected chi connectivity index (χ0v) is 20.1. The molecular formula is C22H26ClN5O4S. The number of halogens is 1. The summed E-state index contributed by atoms with van der Waals surface area (Å²) in [6.45, 7) is 3.06. The monoisotopic (exact) mass is 491 g/mol. The van der Waals surface area contributed by atoms with Crippen molar-refractivity contribution < 1.29 is 17.9 Å². The molecule has 9 nitrogen and oxygen atoms in total. The molecule has 0 bridgehead atoms. The van der Waals surface area contributed by atoms with Gasteiger partial charge in [-0.05, 0) is 55.7 Å². The second kappa shape index (κ2) is 9.76. The highest BCUT2D eigenvalue weighted by molar-refractivity contribution is 7.89. The fourth-order valence-electron chi connectivity index (χ4n) is 4.00. The minimum atomic E-state index is -3.92. The van der Waals surface area contributed by atoms with E-state index >= 15 is 0 Å². The third-order valence-electron chi connectivity index (χ3n) is 5.88. The van der Waals surface area contributed by atoms with Crippen LogP contribution in [0.5, 0.6) is 0 Å². The number of fused-ring (bicyclic) bond motifs is 1. The van der Waals surface area contributed by atoms with Crippen molar-refractivity contribution in [3.8, 4) is 0 Å². The number of nitrogens with one attached hydrogen (secondary N) is 1. The highest BCUT2D eigenvalue weighted by atomic mass is 35.5. The number of rotatable bonds is 7. The Kier molecular flexibility index (Phi) is 6.99. The maximum absolute atomic E-state index is 13.5. The molecular weight excluding hydrogens is 466 g/mol. The Morgan fingerprint density at radius 2 is 2.09 bits per heavy atom. The van der Waals surface area contributed by atoms with E-state index < -0.39 is 16.1 Å². The van der Waals surface area contributed by atoms with E-state index in [4.69, 9.17) is 16.3 Å². The largest absolute Gasteiger partial charge is 0.383 e. The first-order valence-electron chi connectivity index (χ1n) is 10.7. The number of amides is 1. The summed E-state index contributed by atoms with van der Waals surface area (Å²) in [7, 11) is -2.32. The topological polar surface area (TPSA) is 106 Å². The molecule has 2 heterocycles. The van der Waals surface area contributed by atoms with Crippen LogP contribution in [0.2, 0.25) is 5.02 Å². The van der Waals surface area contributed by atoms with Gasteiger partial charge in [0, 0.05) is 24.4 Å². The minimum Gasteiger partial charge on any atom is -0.383 e. The number of aromatic nitrogens is 3. The third-order valence-corrected chi connectivity index (χ3v) is 8.19. The maximum atomic E-state index is 13.5. The Bertz CT molecular complexity index is 1280. The zero-order valence-electron chi connectivity index (χ0n) is 18.5. The number of nitrogens with zero attached hydrogens (tertiary/aromatic N) is 4. The van der Waals surface area contributed by atoms with Crippen LogP contribution in [0.25, 0.3) is 11.0 Å². The van der Waals surface area contributed by atoms with Crippen LogP contribution in [0, 0.1) is 6.92 Å². The number of piperidine rings is 1. The number of benzene rings is 2. The zero-order chi connectivity index (χ0) is 23.6. The first-order valence-corrected chi connectivity index (χ1v) is 12.5. The van der Waals surface area contributed by atoms with Gasteiger partial charge in [0.1, 0.15) is 11.6 Å². The molecule has 33 heavy (non-hydrogen) atoms. The highest BCUT2D eigenvalue weighted by Crippen LogP contribution is 2.29. The summed E-state index contributed by atoms with van der Waals surface area (Å²) in [5, 5.41) is 11.6. The van der Waals surface area contributed by atoms with E-state index in [-0.39, 0.29) is 17.3 Å². The molecule has 0 unspecified atom stereocenters. The van der Waals surface area contributed by atoms with Gasteiger partial charge in [0.15, 0.2) is 0 Å². The Hall–Kier alpha value is -2.53. The maximum Gasteiger partial charge on any atom is 0.243 e. The van der Waals surface area contributed by atoms with Crippen molar-refractivity contribution >= 4 is 44.3 Å². The van der Waals surface area contributed by atoms with E-state index in [1.165, 1.54) is 16.4 Å². The molecule has 4 rings (SSSR count). The van der Waals surface area contributed by atoms with Crippen molar-refractivity contribution in [2.24, 2.45) is 0 Å². The van der Waals surface area contributed by atoms with E-state index in [1.807, 2.05) is 6.92 Å². The van der Waals surface area contributed by atoms with Gasteiger partial charge in [0.05, 0.1) is 23.6 Å². The molecule has 176 valence electrons. The predicted molar refractivity (Wildman–Crippen MR) is 126 cm³/mol. The number of hydrogen-bond acceptors (Lipinski definition) is 6. The quantitative estimate of drug-likeness (QED) is 0.544. The highest BCUT2D eigenvalue weighted by Gasteiger charge is 2.38. The number of carbonyl (C=O) groups is 1. The van der Waals surface area contributed by atoms with Gasteiger partial charge < -0.3 is 10.1 Å². The van der Waals surface area contributed by atoms with Gasteiger partial charge in [0.2, 0.25) is 15.9 Å². The molecule has 3 aromatic rings. The lowest BCUT2D eigenvalue weighted by molar-refractivity contribution is -0.120. The van der Waals surface area contributed by atoms with E-state index in [9.17, 15) is 13.2 Å². The van der Waals surface area contributed by atoms with E-state index in [1.54, 1.807) is 36.1 Å². The number of anilines is 1. The van der Waals surface area contributed by atoms with Crippen LogP contribution in [0.1, 0.15) is 24.8 Å².